The molecule has 0 radical (unpaired) electrons. The van der Waals surface area contributed by atoms with Crippen LogP contribution in [-0.2, 0) is 0 Å². The molecule has 0 spiro atoms. The highest BCUT2D eigenvalue weighted by atomic mass is 19.2. The summed E-state index contributed by atoms with van der Waals surface area (Å²) < 4.78 is 65.3. The first-order valence-electron chi connectivity index (χ1n) is 15.1. The quantitative estimate of drug-likeness (QED) is 0.155. The molecule has 2 aromatic rings. The lowest BCUT2D eigenvalue weighted by atomic mass is 9.68. The third kappa shape index (κ3) is 7.27. The van der Waals surface area contributed by atoms with Gasteiger partial charge in [-0.05, 0) is 106 Å². The van der Waals surface area contributed by atoms with E-state index in [2.05, 4.69) is 19.1 Å². The van der Waals surface area contributed by atoms with E-state index in [0.29, 0.717) is 11.5 Å². The first-order valence-corrected chi connectivity index (χ1v) is 15.1. The Hall–Kier alpha value is -2.30. The number of ether oxygens (including phenoxy) is 1. The van der Waals surface area contributed by atoms with E-state index in [4.69, 9.17) is 4.74 Å². The highest BCUT2D eigenvalue weighted by Crippen LogP contribution is 2.45. The third-order valence-electron chi connectivity index (χ3n) is 9.20. The number of hydrogen-bond acceptors (Lipinski definition) is 1. The minimum atomic E-state index is -1.22. The smallest absolute Gasteiger partial charge is 0.201 e. The van der Waals surface area contributed by atoms with Crippen molar-refractivity contribution in [2.45, 2.75) is 103 Å². The van der Waals surface area contributed by atoms with Gasteiger partial charge in [0.05, 0.1) is 6.61 Å². The molecule has 2 aliphatic rings. The zero-order valence-electron chi connectivity index (χ0n) is 23.6. The lowest BCUT2D eigenvalue weighted by Crippen LogP contribution is -2.25. The van der Waals surface area contributed by atoms with Crippen LogP contribution in [0.5, 0.6) is 5.75 Å². The van der Waals surface area contributed by atoms with Crippen molar-refractivity contribution in [3.8, 4) is 16.9 Å². The van der Waals surface area contributed by atoms with Crippen molar-refractivity contribution in [1.82, 2.24) is 0 Å². The molecular formula is C34H44F4O. The van der Waals surface area contributed by atoms with Gasteiger partial charge in [-0.25, -0.2) is 13.2 Å². The summed E-state index contributed by atoms with van der Waals surface area (Å²) in [6.45, 7) is 4.40. The maximum Gasteiger partial charge on any atom is 0.201 e. The predicted octanol–water partition coefficient (Wildman–Crippen LogP) is 10.9. The Morgan fingerprint density at radius 2 is 1.36 bits per heavy atom. The fourth-order valence-corrected chi connectivity index (χ4v) is 6.82. The number of allylic oxidation sites excluding steroid dienone is 2. The molecule has 0 saturated heterocycles. The van der Waals surface area contributed by atoms with Crippen LogP contribution in [0.3, 0.4) is 0 Å². The number of halogens is 4. The van der Waals surface area contributed by atoms with E-state index in [1.54, 1.807) is 6.07 Å². The lowest BCUT2D eigenvalue weighted by Gasteiger charge is -2.38. The molecule has 1 nitrogen and oxygen atoms in total. The molecule has 0 aliphatic heterocycles. The SMILES string of the molecule is CC=CCCC1CCC(C2CCC(c3ccc(-c4ccc(OCCCCC)c(F)c4F)c(F)c3F)CC2)CC1. The van der Waals surface area contributed by atoms with Crippen LogP contribution in [0, 0.1) is 41.0 Å². The standard InChI is InChI=1S/C34H44F4O/c1-3-5-7-9-23-10-12-24(13-11-23)25-14-16-26(17-15-25)27-18-19-28(32(36)31(27)35)29-20-21-30(34(38)33(29)37)39-22-8-6-4-2/h3,5,18-21,23-26H,4,6-17,22H2,1-2H3. The number of benzene rings is 2. The number of unbranched alkanes of at least 4 members (excludes halogenated alkanes) is 2. The lowest BCUT2D eigenvalue weighted by molar-refractivity contribution is 0.156. The van der Waals surface area contributed by atoms with E-state index in [0.717, 1.165) is 56.8 Å². The van der Waals surface area contributed by atoms with Crippen LogP contribution < -0.4 is 4.74 Å². The molecule has 0 amide bonds. The normalized spacial score (nSPS) is 23.8. The molecule has 0 bridgehead atoms. The zero-order valence-corrected chi connectivity index (χ0v) is 23.6. The van der Waals surface area contributed by atoms with E-state index >= 15 is 8.78 Å². The number of hydrogen-bond donors (Lipinski definition) is 0. The van der Waals surface area contributed by atoms with Gasteiger partial charge in [-0.2, -0.15) is 4.39 Å². The van der Waals surface area contributed by atoms with Crippen molar-refractivity contribution in [1.29, 1.82) is 0 Å². The van der Waals surface area contributed by atoms with Crippen LogP contribution in [0.15, 0.2) is 36.4 Å². The molecule has 0 N–H and O–H groups in total. The van der Waals surface area contributed by atoms with E-state index in [1.165, 1.54) is 56.7 Å². The molecule has 214 valence electrons. The van der Waals surface area contributed by atoms with Gasteiger partial charge in [0, 0.05) is 11.1 Å². The van der Waals surface area contributed by atoms with Crippen LogP contribution >= 0.6 is 0 Å². The van der Waals surface area contributed by atoms with Gasteiger partial charge in [0.15, 0.2) is 23.2 Å². The monoisotopic (exact) mass is 544 g/mol. The third-order valence-corrected chi connectivity index (χ3v) is 9.20. The molecular weight excluding hydrogens is 500 g/mol. The van der Waals surface area contributed by atoms with Crippen LogP contribution in [0.25, 0.3) is 11.1 Å². The topological polar surface area (TPSA) is 9.23 Å². The van der Waals surface area contributed by atoms with Gasteiger partial charge < -0.3 is 4.74 Å². The van der Waals surface area contributed by atoms with Gasteiger partial charge in [0.25, 0.3) is 0 Å². The van der Waals surface area contributed by atoms with Gasteiger partial charge in [-0.3, -0.25) is 0 Å². The number of rotatable bonds is 11. The van der Waals surface area contributed by atoms with Crippen molar-refractivity contribution < 1.29 is 22.3 Å². The Bertz CT molecular complexity index is 1090. The van der Waals surface area contributed by atoms with Gasteiger partial charge in [-0.1, -0.05) is 56.9 Å². The predicted molar refractivity (Wildman–Crippen MR) is 151 cm³/mol. The van der Waals surface area contributed by atoms with E-state index in [9.17, 15) is 8.78 Å². The summed E-state index contributed by atoms with van der Waals surface area (Å²) >= 11 is 0. The van der Waals surface area contributed by atoms with E-state index in [1.807, 2.05) is 6.92 Å². The molecule has 2 aliphatic carbocycles. The summed E-state index contributed by atoms with van der Waals surface area (Å²) in [5, 5.41) is 0. The van der Waals surface area contributed by atoms with E-state index < -0.39 is 23.3 Å². The second-order valence-electron chi connectivity index (χ2n) is 11.7. The molecule has 5 heteroatoms. The van der Waals surface area contributed by atoms with Crippen molar-refractivity contribution >= 4 is 0 Å². The Labute approximate surface area is 232 Å². The molecule has 39 heavy (non-hydrogen) atoms. The van der Waals surface area contributed by atoms with Gasteiger partial charge in [0.2, 0.25) is 5.82 Å². The first-order chi connectivity index (χ1) is 18.9. The fraction of sp³-hybridized carbons (Fsp3) is 0.588. The molecule has 0 atom stereocenters. The van der Waals surface area contributed by atoms with E-state index in [-0.39, 0.29) is 29.4 Å². The molecule has 0 heterocycles. The summed E-state index contributed by atoms with van der Waals surface area (Å²) in [7, 11) is 0. The molecule has 0 aromatic heterocycles. The fourth-order valence-electron chi connectivity index (χ4n) is 6.82. The van der Waals surface area contributed by atoms with Gasteiger partial charge in [-0.15, -0.1) is 0 Å². The summed E-state index contributed by atoms with van der Waals surface area (Å²) in [5.74, 6) is -2.40. The summed E-state index contributed by atoms with van der Waals surface area (Å²) in [6.07, 6.45) is 18.5. The molecule has 2 aromatic carbocycles. The maximum atomic E-state index is 15.3. The van der Waals surface area contributed by atoms with Crippen LogP contribution in [0.4, 0.5) is 17.6 Å². The first kappa shape index (κ1) is 29.7. The minimum Gasteiger partial charge on any atom is -0.490 e. The Kier molecular flexibility index (Phi) is 10.9. The second-order valence-corrected chi connectivity index (χ2v) is 11.7. The zero-order chi connectivity index (χ0) is 27.8. The van der Waals surface area contributed by atoms with Gasteiger partial charge in [0.1, 0.15) is 0 Å². The Morgan fingerprint density at radius 3 is 2.00 bits per heavy atom. The van der Waals surface area contributed by atoms with Gasteiger partial charge >= 0.3 is 0 Å². The minimum absolute atomic E-state index is 0.0394. The Balaban J connectivity index is 1.36. The maximum absolute atomic E-state index is 15.3. The summed E-state index contributed by atoms with van der Waals surface area (Å²) in [6, 6.07) is 5.53. The molecule has 2 saturated carbocycles. The highest BCUT2D eigenvalue weighted by molar-refractivity contribution is 5.66. The average molecular weight is 545 g/mol. The highest BCUT2D eigenvalue weighted by Gasteiger charge is 2.33. The van der Waals surface area contributed by atoms with Crippen LogP contribution in [-0.4, -0.2) is 6.61 Å². The largest absolute Gasteiger partial charge is 0.490 e. The second kappa shape index (κ2) is 14.4. The Morgan fingerprint density at radius 1 is 0.744 bits per heavy atom. The van der Waals surface area contributed by atoms with Crippen molar-refractivity contribution in [3.63, 3.8) is 0 Å². The van der Waals surface area contributed by atoms with Crippen LogP contribution in [0.2, 0.25) is 0 Å². The molecule has 4 rings (SSSR count). The van der Waals surface area contributed by atoms with Crippen LogP contribution in [0.1, 0.15) is 109 Å². The van der Waals surface area contributed by atoms with Crippen molar-refractivity contribution in [3.05, 3.63) is 65.2 Å². The molecule has 2 fully saturated rings. The molecule has 0 unspecified atom stereocenters. The summed E-state index contributed by atoms with van der Waals surface area (Å²) in [5.41, 5.74) is -0.189. The van der Waals surface area contributed by atoms with Crippen molar-refractivity contribution in [2.24, 2.45) is 17.8 Å². The summed E-state index contributed by atoms with van der Waals surface area (Å²) in [4.78, 5) is 0. The average Bonchev–Trinajstić information content (AvgIpc) is 2.96. The van der Waals surface area contributed by atoms with Crippen molar-refractivity contribution in [2.75, 3.05) is 6.61 Å².